The molecule has 7 nitrogen and oxygen atoms in total. The number of benzene rings is 1. The lowest BCUT2D eigenvalue weighted by atomic mass is 10.1. The van der Waals surface area contributed by atoms with Crippen molar-refractivity contribution in [3.8, 4) is 10.4 Å². The topological polar surface area (TPSA) is 94.3 Å². The van der Waals surface area contributed by atoms with Crippen LogP contribution in [0, 0.1) is 19.7 Å². The van der Waals surface area contributed by atoms with E-state index in [4.69, 9.17) is 9.26 Å². The molecule has 146 valence electrons. The summed E-state index contributed by atoms with van der Waals surface area (Å²) in [6.07, 6.45) is 0.671. The van der Waals surface area contributed by atoms with Crippen LogP contribution in [0.3, 0.4) is 0 Å². The van der Waals surface area contributed by atoms with Gasteiger partial charge in [-0.05, 0) is 38.0 Å². The second-order valence-electron chi connectivity index (χ2n) is 6.05. The number of methoxy groups -OCH3 is 1. The normalized spacial score (nSPS) is 10.7. The summed E-state index contributed by atoms with van der Waals surface area (Å²) in [5, 5.41) is 6.79. The molecule has 9 heteroatoms. The lowest BCUT2D eigenvalue weighted by Gasteiger charge is -2.01. The number of carbonyl (C=O) groups is 2. The van der Waals surface area contributed by atoms with Crippen LogP contribution < -0.4 is 5.32 Å². The Hall–Kier alpha value is -3.07. The number of halogens is 1. The van der Waals surface area contributed by atoms with Gasteiger partial charge in [0, 0.05) is 12.0 Å². The first kappa shape index (κ1) is 19.7. The number of anilines is 1. The summed E-state index contributed by atoms with van der Waals surface area (Å²) in [6.45, 7) is 3.61. The monoisotopic (exact) mass is 403 g/mol. The lowest BCUT2D eigenvalue weighted by molar-refractivity contribution is -0.116. The van der Waals surface area contributed by atoms with Crippen LogP contribution in [0.15, 0.2) is 28.8 Å². The van der Waals surface area contributed by atoms with Gasteiger partial charge >= 0.3 is 5.97 Å². The summed E-state index contributed by atoms with van der Waals surface area (Å²) in [4.78, 5) is 28.9. The van der Waals surface area contributed by atoms with E-state index < -0.39 is 11.8 Å². The predicted molar refractivity (Wildman–Crippen MR) is 102 cm³/mol. The maximum absolute atomic E-state index is 13.6. The molecule has 0 saturated heterocycles. The Labute approximate surface area is 164 Å². The van der Waals surface area contributed by atoms with E-state index in [-0.39, 0.29) is 23.2 Å². The van der Waals surface area contributed by atoms with Gasteiger partial charge in [-0.2, -0.15) is 0 Å². The molecular formula is C19H18FN3O4S. The van der Waals surface area contributed by atoms with Crippen molar-refractivity contribution >= 4 is 28.3 Å². The Kier molecular flexibility index (Phi) is 5.84. The third-order valence-electron chi connectivity index (χ3n) is 4.12. The number of carbonyl (C=O) groups excluding carboxylic acids is 2. The number of esters is 1. The van der Waals surface area contributed by atoms with Crippen LogP contribution in [0.2, 0.25) is 0 Å². The second-order valence-corrected chi connectivity index (χ2v) is 7.05. The second kappa shape index (κ2) is 8.30. The summed E-state index contributed by atoms with van der Waals surface area (Å²) in [5.74, 6) is -0.685. The van der Waals surface area contributed by atoms with Crippen LogP contribution in [0.5, 0.6) is 0 Å². The molecule has 0 radical (unpaired) electrons. The quantitative estimate of drug-likeness (QED) is 0.627. The molecule has 0 saturated carbocycles. The zero-order valence-electron chi connectivity index (χ0n) is 15.5. The number of hydrogen-bond donors (Lipinski definition) is 1. The number of nitrogens with one attached hydrogen (secondary N) is 1. The summed E-state index contributed by atoms with van der Waals surface area (Å²) in [7, 11) is 1.24. The maximum Gasteiger partial charge on any atom is 0.358 e. The highest BCUT2D eigenvalue weighted by molar-refractivity contribution is 7.19. The predicted octanol–water partition coefficient (Wildman–Crippen LogP) is 3.91. The first-order valence-electron chi connectivity index (χ1n) is 8.45. The van der Waals surface area contributed by atoms with Crippen LogP contribution in [-0.2, 0) is 16.0 Å². The lowest BCUT2D eigenvalue weighted by Crippen LogP contribution is -2.13. The molecule has 3 rings (SSSR count). The van der Waals surface area contributed by atoms with E-state index in [0.717, 1.165) is 22.6 Å². The van der Waals surface area contributed by atoms with Crippen molar-refractivity contribution < 1.29 is 23.2 Å². The highest BCUT2D eigenvalue weighted by Crippen LogP contribution is 2.34. The molecule has 0 spiro atoms. The fourth-order valence-electron chi connectivity index (χ4n) is 2.71. The Morgan fingerprint density at radius 2 is 2.11 bits per heavy atom. The van der Waals surface area contributed by atoms with Gasteiger partial charge in [0.05, 0.1) is 17.7 Å². The number of amides is 1. The molecule has 1 N–H and O–H groups in total. The third kappa shape index (κ3) is 4.25. The minimum absolute atomic E-state index is 0.0270. The summed E-state index contributed by atoms with van der Waals surface area (Å²) in [5.41, 5.74) is 2.15. The first-order valence-corrected chi connectivity index (χ1v) is 9.27. The molecule has 1 amide bonds. The zero-order chi connectivity index (χ0) is 20.3. The van der Waals surface area contributed by atoms with Gasteiger partial charge in [0.2, 0.25) is 5.91 Å². The highest BCUT2D eigenvalue weighted by Gasteiger charge is 2.21. The molecule has 0 bridgehead atoms. The van der Waals surface area contributed by atoms with Gasteiger partial charge in [-0.3, -0.25) is 4.79 Å². The van der Waals surface area contributed by atoms with Gasteiger partial charge in [0.1, 0.15) is 11.6 Å². The van der Waals surface area contributed by atoms with Crippen molar-refractivity contribution in [2.75, 3.05) is 12.4 Å². The van der Waals surface area contributed by atoms with Gasteiger partial charge in [0.15, 0.2) is 10.8 Å². The molecule has 2 heterocycles. The van der Waals surface area contributed by atoms with E-state index in [1.54, 1.807) is 13.0 Å². The van der Waals surface area contributed by atoms with Crippen molar-refractivity contribution in [1.82, 2.24) is 10.1 Å². The number of aryl methyl sites for hydroxylation is 2. The van der Waals surface area contributed by atoms with Gasteiger partial charge in [0.25, 0.3) is 0 Å². The summed E-state index contributed by atoms with van der Waals surface area (Å²) < 4.78 is 23.4. The third-order valence-corrected chi connectivity index (χ3v) is 5.14. The number of aromatic nitrogens is 2. The minimum Gasteiger partial charge on any atom is -0.464 e. The number of hydrogen-bond acceptors (Lipinski definition) is 7. The summed E-state index contributed by atoms with van der Waals surface area (Å²) in [6, 6.07) is 5.79. The van der Waals surface area contributed by atoms with Gasteiger partial charge in [-0.15, -0.1) is 0 Å². The molecule has 0 fully saturated rings. The molecule has 0 aliphatic carbocycles. The van der Waals surface area contributed by atoms with E-state index in [9.17, 15) is 14.0 Å². The van der Waals surface area contributed by atoms with Crippen LogP contribution in [0.1, 0.15) is 33.9 Å². The molecule has 0 aliphatic heterocycles. The van der Waals surface area contributed by atoms with Crippen molar-refractivity contribution in [2.24, 2.45) is 0 Å². The smallest absolute Gasteiger partial charge is 0.358 e. The van der Waals surface area contributed by atoms with Crippen molar-refractivity contribution in [2.45, 2.75) is 26.7 Å². The highest BCUT2D eigenvalue weighted by atomic mass is 32.1. The molecule has 0 atom stereocenters. The molecule has 2 aromatic heterocycles. The Bertz CT molecular complexity index is 1010. The maximum atomic E-state index is 13.6. The fourth-order valence-corrected chi connectivity index (χ4v) is 3.68. The Balaban J connectivity index is 1.78. The largest absolute Gasteiger partial charge is 0.464 e. The van der Waals surface area contributed by atoms with Crippen molar-refractivity contribution in [1.29, 1.82) is 0 Å². The van der Waals surface area contributed by atoms with E-state index in [0.29, 0.717) is 22.6 Å². The van der Waals surface area contributed by atoms with Crippen LogP contribution in [-0.4, -0.2) is 29.1 Å². The molecule has 0 aliphatic rings. The van der Waals surface area contributed by atoms with Gasteiger partial charge in [-0.1, -0.05) is 28.6 Å². The number of rotatable bonds is 6. The minimum atomic E-state index is -0.660. The van der Waals surface area contributed by atoms with E-state index in [1.165, 1.54) is 25.3 Å². The van der Waals surface area contributed by atoms with Crippen LogP contribution >= 0.6 is 11.3 Å². The standard InChI is InChI=1S/C19H18FN3O4S/c1-10-14(11(2)27-23-10)7-8-15(24)21-19-22-16(18(25)26-3)17(28-19)12-5-4-6-13(20)9-12/h4-6,9H,7-8H2,1-3H3,(H,21,22,24). The SMILES string of the molecule is COC(=O)c1nc(NC(=O)CCc2c(C)noc2C)sc1-c1cccc(F)c1. The number of ether oxygens (including phenoxy) is 1. The van der Waals surface area contributed by atoms with Gasteiger partial charge < -0.3 is 14.6 Å². The van der Waals surface area contributed by atoms with Crippen LogP contribution in [0.25, 0.3) is 10.4 Å². The Morgan fingerprint density at radius 3 is 2.75 bits per heavy atom. The van der Waals surface area contributed by atoms with E-state index in [2.05, 4.69) is 15.5 Å². The Morgan fingerprint density at radius 1 is 1.32 bits per heavy atom. The van der Waals surface area contributed by atoms with E-state index in [1.807, 2.05) is 6.92 Å². The molecule has 28 heavy (non-hydrogen) atoms. The average molecular weight is 403 g/mol. The average Bonchev–Trinajstić information content (AvgIpc) is 3.23. The summed E-state index contributed by atoms with van der Waals surface area (Å²) >= 11 is 1.08. The molecule has 1 aromatic carbocycles. The molecule has 0 unspecified atom stereocenters. The molecular weight excluding hydrogens is 385 g/mol. The first-order chi connectivity index (χ1) is 13.4. The fraction of sp³-hybridized carbons (Fsp3) is 0.263. The molecule has 3 aromatic rings. The van der Waals surface area contributed by atoms with Crippen LogP contribution in [0.4, 0.5) is 9.52 Å². The zero-order valence-corrected chi connectivity index (χ0v) is 16.4. The van der Waals surface area contributed by atoms with Crippen molar-refractivity contribution in [3.05, 3.63) is 52.8 Å². The number of thiazole rings is 1. The van der Waals surface area contributed by atoms with Gasteiger partial charge in [-0.25, -0.2) is 14.2 Å². The van der Waals surface area contributed by atoms with Crippen molar-refractivity contribution in [3.63, 3.8) is 0 Å². The number of nitrogens with zero attached hydrogens (tertiary/aromatic N) is 2. The van der Waals surface area contributed by atoms with E-state index >= 15 is 0 Å².